The fourth-order valence-electron chi connectivity index (χ4n) is 4.67. The molecule has 0 saturated heterocycles. The van der Waals surface area contributed by atoms with E-state index in [1.807, 2.05) is 18.3 Å². The van der Waals surface area contributed by atoms with Gasteiger partial charge in [0.05, 0.1) is 16.4 Å². The third kappa shape index (κ3) is 3.42. The number of hydrogen-bond acceptors (Lipinski definition) is 4. The first-order valence-corrected chi connectivity index (χ1v) is 10.8. The molecule has 0 amide bonds. The lowest BCUT2D eigenvalue weighted by molar-refractivity contribution is 0.238. The highest BCUT2D eigenvalue weighted by Gasteiger charge is 2.23. The van der Waals surface area contributed by atoms with Crippen LogP contribution in [0.4, 0.5) is 0 Å². The molecule has 1 saturated carbocycles. The Labute approximate surface area is 170 Å². The van der Waals surface area contributed by atoms with Gasteiger partial charge in [0.25, 0.3) is 0 Å². The highest BCUT2D eigenvalue weighted by atomic mass is 35.5. The van der Waals surface area contributed by atoms with Crippen molar-refractivity contribution < 1.29 is 0 Å². The van der Waals surface area contributed by atoms with E-state index in [-0.39, 0.29) is 0 Å². The van der Waals surface area contributed by atoms with Gasteiger partial charge in [-0.05, 0) is 31.9 Å². The van der Waals surface area contributed by atoms with Gasteiger partial charge in [-0.25, -0.2) is 15.0 Å². The SMILES string of the molecule is Cc1nc2ccc(Cl)cn2c1CN1CCc2nc(C3CCCCC3)ncc2C1. The van der Waals surface area contributed by atoms with Crippen molar-refractivity contribution in [2.24, 2.45) is 0 Å². The lowest BCUT2D eigenvalue weighted by Crippen LogP contribution is -2.32. The van der Waals surface area contributed by atoms with Crippen LogP contribution in [-0.2, 0) is 19.5 Å². The molecule has 5 nitrogen and oxygen atoms in total. The van der Waals surface area contributed by atoms with Gasteiger partial charge in [0.2, 0.25) is 0 Å². The van der Waals surface area contributed by atoms with E-state index in [2.05, 4.69) is 27.4 Å². The molecule has 0 aromatic carbocycles. The van der Waals surface area contributed by atoms with E-state index in [1.54, 1.807) is 0 Å². The fraction of sp³-hybridized carbons (Fsp3) is 0.500. The van der Waals surface area contributed by atoms with Gasteiger partial charge in [-0.15, -0.1) is 0 Å². The standard InChI is InChI=1S/C22H26ClN5/c1-15-20(28-13-18(23)7-8-21(28)25-15)14-27-10-9-19-17(12-27)11-24-22(26-19)16-5-3-2-4-6-16/h7-8,11,13,16H,2-6,9-10,12,14H2,1H3. The van der Waals surface area contributed by atoms with E-state index >= 15 is 0 Å². The predicted molar refractivity (Wildman–Crippen MR) is 111 cm³/mol. The normalized spacial score (nSPS) is 18.5. The van der Waals surface area contributed by atoms with Crippen molar-refractivity contribution in [3.8, 4) is 0 Å². The zero-order chi connectivity index (χ0) is 19.1. The Hall–Kier alpha value is -1.98. The summed E-state index contributed by atoms with van der Waals surface area (Å²) in [6.45, 7) is 4.85. The van der Waals surface area contributed by atoms with Crippen LogP contribution in [-0.4, -0.2) is 30.8 Å². The van der Waals surface area contributed by atoms with Gasteiger partial charge in [-0.1, -0.05) is 30.9 Å². The Morgan fingerprint density at radius 2 is 2.00 bits per heavy atom. The maximum absolute atomic E-state index is 6.21. The summed E-state index contributed by atoms with van der Waals surface area (Å²) in [4.78, 5) is 16.9. The minimum atomic E-state index is 0.572. The monoisotopic (exact) mass is 395 g/mol. The smallest absolute Gasteiger partial charge is 0.137 e. The van der Waals surface area contributed by atoms with Crippen molar-refractivity contribution in [1.82, 2.24) is 24.3 Å². The van der Waals surface area contributed by atoms with E-state index in [9.17, 15) is 0 Å². The second-order valence-electron chi connectivity index (χ2n) is 8.22. The zero-order valence-electron chi connectivity index (χ0n) is 16.4. The molecule has 1 fully saturated rings. The molecular weight excluding hydrogens is 370 g/mol. The number of rotatable bonds is 3. The third-order valence-corrected chi connectivity index (χ3v) is 6.48. The second-order valence-corrected chi connectivity index (χ2v) is 8.65. The van der Waals surface area contributed by atoms with Crippen molar-refractivity contribution in [2.75, 3.05) is 6.54 Å². The van der Waals surface area contributed by atoms with Gasteiger partial charge in [-0.2, -0.15) is 0 Å². The number of halogens is 1. The van der Waals surface area contributed by atoms with Gasteiger partial charge in [0.15, 0.2) is 0 Å². The first-order valence-electron chi connectivity index (χ1n) is 10.4. The van der Waals surface area contributed by atoms with E-state index in [0.29, 0.717) is 5.92 Å². The Bertz CT molecular complexity index is 1010. The van der Waals surface area contributed by atoms with Crippen molar-refractivity contribution in [3.63, 3.8) is 0 Å². The molecule has 3 aromatic heterocycles. The summed E-state index contributed by atoms with van der Waals surface area (Å²) in [7, 11) is 0. The van der Waals surface area contributed by atoms with Crippen LogP contribution in [0.15, 0.2) is 24.5 Å². The number of aromatic nitrogens is 4. The topological polar surface area (TPSA) is 46.3 Å². The van der Waals surface area contributed by atoms with Crippen LogP contribution in [0.3, 0.4) is 0 Å². The maximum atomic E-state index is 6.21. The Kier molecular flexibility index (Phi) is 4.81. The molecule has 0 N–H and O–H groups in total. The van der Waals surface area contributed by atoms with Gasteiger partial charge in [-0.3, -0.25) is 4.90 Å². The first-order chi connectivity index (χ1) is 13.7. The predicted octanol–water partition coefficient (Wildman–Crippen LogP) is 4.69. The number of fused-ring (bicyclic) bond motifs is 2. The quantitative estimate of drug-likeness (QED) is 0.645. The van der Waals surface area contributed by atoms with E-state index < -0.39 is 0 Å². The summed E-state index contributed by atoms with van der Waals surface area (Å²) < 4.78 is 2.12. The molecule has 0 bridgehead atoms. The van der Waals surface area contributed by atoms with Gasteiger partial charge in [0, 0.05) is 55.6 Å². The van der Waals surface area contributed by atoms with Crippen molar-refractivity contribution >= 4 is 17.2 Å². The molecular formula is C22H26ClN5. The van der Waals surface area contributed by atoms with E-state index in [0.717, 1.165) is 48.2 Å². The molecule has 4 heterocycles. The van der Waals surface area contributed by atoms with E-state index in [4.69, 9.17) is 21.6 Å². The summed E-state index contributed by atoms with van der Waals surface area (Å²) in [6, 6.07) is 3.87. The zero-order valence-corrected chi connectivity index (χ0v) is 17.1. The fourth-order valence-corrected chi connectivity index (χ4v) is 4.83. The molecule has 0 atom stereocenters. The summed E-state index contributed by atoms with van der Waals surface area (Å²) in [5.41, 5.74) is 5.76. The van der Waals surface area contributed by atoms with Crippen LogP contribution in [0.5, 0.6) is 0 Å². The van der Waals surface area contributed by atoms with Crippen molar-refractivity contribution in [2.45, 2.75) is 64.5 Å². The van der Waals surface area contributed by atoms with Crippen LogP contribution >= 0.6 is 11.6 Å². The minimum absolute atomic E-state index is 0.572. The van der Waals surface area contributed by atoms with Gasteiger partial charge in [0.1, 0.15) is 11.5 Å². The Balaban J connectivity index is 1.35. The minimum Gasteiger partial charge on any atom is -0.301 e. The average molecular weight is 396 g/mol. The van der Waals surface area contributed by atoms with Crippen LogP contribution in [0.1, 0.15) is 66.5 Å². The molecule has 28 heavy (non-hydrogen) atoms. The summed E-state index contributed by atoms with van der Waals surface area (Å²) in [5.74, 6) is 1.65. The van der Waals surface area contributed by atoms with Crippen molar-refractivity contribution in [3.05, 3.63) is 58.0 Å². The maximum Gasteiger partial charge on any atom is 0.137 e. The molecule has 5 rings (SSSR count). The second kappa shape index (κ2) is 7.45. The average Bonchev–Trinajstić information content (AvgIpc) is 3.03. The molecule has 3 aromatic rings. The van der Waals surface area contributed by atoms with Crippen LogP contribution in [0.2, 0.25) is 5.02 Å². The van der Waals surface area contributed by atoms with Crippen LogP contribution in [0.25, 0.3) is 5.65 Å². The van der Waals surface area contributed by atoms with Gasteiger partial charge >= 0.3 is 0 Å². The molecule has 1 aliphatic carbocycles. The molecule has 146 valence electrons. The number of pyridine rings is 1. The summed E-state index contributed by atoms with van der Waals surface area (Å²) >= 11 is 6.21. The Morgan fingerprint density at radius 3 is 2.86 bits per heavy atom. The molecule has 2 aliphatic rings. The van der Waals surface area contributed by atoms with Crippen molar-refractivity contribution in [1.29, 1.82) is 0 Å². The number of aryl methyl sites for hydroxylation is 1. The first kappa shape index (κ1) is 18.1. The third-order valence-electron chi connectivity index (χ3n) is 6.26. The largest absolute Gasteiger partial charge is 0.301 e. The Morgan fingerprint density at radius 1 is 1.14 bits per heavy atom. The van der Waals surface area contributed by atoms with Crippen LogP contribution in [0, 0.1) is 6.92 Å². The number of hydrogen-bond donors (Lipinski definition) is 0. The molecule has 0 unspecified atom stereocenters. The highest BCUT2D eigenvalue weighted by Crippen LogP contribution is 2.31. The highest BCUT2D eigenvalue weighted by molar-refractivity contribution is 6.30. The summed E-state index contributed by atoms with van der Waals surface area (Å²) in [6.07, 6.45) is 11.5. The summed E-state index contributed by atoms with van der Waals surface area (Å²) in [5, 5.41) is 0.735. The van der Waals surface area contributed by atoms with Crippen LogP contribution < -0.4 is 0 Å². The van der Waals surface area contributed by atoms with E-state index in [1.165, 1.54) is 49.1 Å². The molecule has 0 radical (unpaired) electrons. The molecule has 1 aliphatic heterocycles. The lowest BCUT2D eigenvalue weighted by atomic mass is 9.88. The number of nitrogens with zero attached hydrogens (tertiary/aromatic N) is 5. The molecule has 0 spiro atoms. The number of imidazole rings is 1. The lowest BCUT2D eigenvalue weighted by Gasteiger charge is -2.29. The molecule has 6 heteroatoms. The van der Waals surface area contributed by atoms with Gasteiger partial charge < -0.3 is 4.40 Å².